The minimum atomic E-state index is -0.313. The second kappa shape index (κ2) is 6.40. The van der Waals surface area contributed by atoms with E-state index in [2.05, 4.69) is 61.6 Å². The highest BCUT2D eigenvalue weighted by atomic mass is 79.9. The van der Waals surface area contributed by atoms with Crippen LogP contribution in [0.5, 0.6) is 0 Å². The summed E-state index contributed by atoms with van der Waals surface area (Å²) in [6.45, 7) is 4.51. The van der Waals surface area contributed by atoms with Crippen LogP contribution in [-0.4, -0.2) is 26.0 Å². The fraction of sp³-hybridized carbons (Fsp3) is 0.800. The maximum atomic E-state index is 12.6. The van der Waals surface area contributed by atoms with E-state index in [1.54, 1.807) is 0 Å². The van der Waals surface area contributed by atoms with E-state index in [1.807, 2.05) is 0 Å². The third-order valence-corrected chi connectivity index (χ3v) is 11.9. The molecule has 0 aromatic heterocycles. The zero-order valence-electron chi connectivity index (χ0n) is 15.1. The van der Waals surface area contributed by atoms with Gasteiger partial charge in [-0.25, -0.2) is 0 Å². The molecule has 0 heterocycles. The summed E-state index contributed by atoms with van der Waals surface area (Å²) in [5, 5.41) is 1.15. The highest BCUT2D eigenvalue weighted by molar-refractivity contribution is 9.12. The molecule has 4 aliphatic rings. The van der Waals surface area contributed by atoms with Gasteiger partial charge in [-0.05, 0) is 60.8 Å². The van der Waals surface area contributed by atoms with Crippen LogP contribution in [0.1, 0.15) is 52.4 Å². The molecule has 0 N–H and O–H groups in total. The SMILES string of the molecule is C[C@]12CC(Br)C(=O)C(Cl)=C1C(Br)(CBr)C[C@@H]1[C@@H]2CC[C@]2(C)C(=O)CC[C@@H]12. The molecule has 4 aliphatic carbocycles. The summed E-state index contributed by atoms with van der Waals surface area (Å²) < 4.78 is -0.313. The molecule has 0 bridgehead atoms. The minimum Gasteiger partial charge on any atom is -0.299 e. The Labute approximate surface area is 185 Å². The number of hydrogen-bond donors (Lipinski definition) is 0. The van der Waals surface area contributed by atoms with Crippen molar-refractivity contribution in [1.82, 2.24) is 0 Å². The molecular weight excluding hydrogens is 547 g/mol. The maximum absolute atomic E-state index is 12.6. The van der Waals surface area contributed by atoms with Crippen LogP contribution in [0.15, 0.2) is 10.6 Å². The number of ketones is 2. The van der Waals surface area contributed by atoms with Gasteiger partial charge in [0.05, 0.1) is 14.2 Å². The lowest BCUT2D eigenvalue weighted by Gasteiger charge is -2.61. The standard InChI is InChI=1S/C20H24Br3ClO2/c1-18-6-5-12-10(11(18)3-4-14(18)25)7-20(23,9-21)17-15(24)16(26)13(22)8-19(12,17)2/h10-13H,3-9H2,1-2H3/t10-,11-,12-,13?,18-,19+,20?/m0/s1. The van der Waals surface area contributed by atoms with Crippen molar-refractivity contribution in [3.8, 4) is 0 Å². The van der Waals surface area contributed by atoms with Gasteiger partial charge in [0.1, 0.15) is 5.78 Å². The Morgan fingerprint density at radius 2 is 1.77 bits per heavy atom. The first kappa shape index (κ1) is 20.1. The third-order valence-electron chi connectivity index (χ3n) is 8.08. The van der Waals surface area contributed by atoms with Crippen LogP contribution in [0.2, 0.25) is 0 Å². The number of carbonyl (C=O) groups excluding carboxylic acids is 2. The van der Waals surface area contributed by atoms with E-state index in [4.69, 9.17) is 11.6 Å². The molecule has 0 aliphatic heterocycles. The van der Waals surface area contributed by atoms with E-state index in [-0.39, 0.29) is 25.8 Å². The van der Waals surface area contributed by atoms with Gasteiger partial charge in [0.25, 0.3) is 0 Å². The lowest BCUT2D eigenvalue weighted by molar-refractivity contribution is -0.132. The average Bonchev–Trinajstić information content (AvgIpc) is 2.88. The monoisotopic (exact) mass is 568 g/mol. The topological polar surface area (TPSA) is 34.1 Å². The van der Waals surface area contributed by atoms with Crippen molar-refractivity contribution in [2.75, 3.05) is 5.33 Å². The number of Topliss-reactive ketones (excluding diaryl/α,β-unsaturated/α-hetero) is 2. The minimum absolute atomic E-state index is 0.0130. The summed E-state index contributed by atoms with van der Waals surface area (Å²) in [4.78, 5) is 25.1. The van der Waals surface area contributed by atoms with Crippen molar-refractivity contribution in [2.45, 2.75) is 61.5 Å². The molecule has 26 heavy (non-hydrogen) atoms. The van der Waals surface area contributed by atoms with Crippen LogP contribution in [0.25, 0.3) is 0 Å². The summed E-state index contributed by atoms with van der Waals surface area (Å²) in [6, 6.07) is 0. The Morgan fingerprint density at radius 3 is 2.42 bits per heavy atom. The van der Waals surface area contributed by atoms with Gasteiger partial charge in [0, 0.05) is 17.2 Å². The average molecular weight is 572 g/mol. The zero-order chi connectivity index (χ0) is 19.1. The summed E-state index contributed by atoms with van der Waals surface area (Å²) in [5.41, 5.74) is 0.825. The van der Waals surface area contributed by atoms with Crippen LogP contribution in [0, 0.1) is 28.6 Å². The first-order valence-corrected chi connectivity index (χ1v) is 12.7. The molecular formula is C20H24Br3ClO2. The summed E-state index contributed by atoms with van der Waals surface area (Å²) in [6.07, 6.45) is 5.50. The van der Waals surface area contributed by atoms with Gasteiger partial charge in [-0.15, -0.1) is 0 Å². The van der Waals surface area contributed by atoms with E-state index in [0.29, 0.717) is 28.6 Å². The molecule has 0 aromatic carbocycles. The number of halogens is 4. The van der Waals surface area contributed by atoms with Gasteiger partial charge >= 0.3 is 0 Å². The van der Waals surface area contributed by atoms with Gasteiger partial charge in [0.15, 0.2) is 5.78 Å². The fourth-order valence-corrected chi connectivity index (χ4v) is 10.1. The van der Waals surface area contributed by atoms with E-state index in [0.717, 1.165) is 49.4 Å². The largest absolute Gasteiger partial charge is 0.299 e. The molecule has 3 saturated carbocycles. The van der Waals surface area contributed by atoms with Gasteiger partial charge in [-0.1, -0.05) is 73.2 Å². The molecule has 2 nitrogen and oxygen atoms in total. The highest BCUT2D eigenvalue weighted by Crippen LogP contribution is 2.69. The van der Waals surface area contributed by atoms with Crippen molar-refractivity contribution in [1.29, 1.82) is 0 Å². The molecule has 0 radical (unpaired) electrons. The Kier molecular flexibility index (Phi) is 4.95. The molecule has 0 aromatic rings. The van der Waals surface area contributed by atoms with Crippen LogP contribution in [-0.2, 0) is 9.59 Å². The number of alkyl halides is 3. The molecule has 0 spiro atoms. The molecule has 144 valence electrons. The molecule has 7 atom stereocenters. The Hall–Kier alpha value is 0.810. The predicted octanol–water partition coefficient (Wildman–Crippen LogP) is 6.17. The van der Waals surface area contributed by atoms with Crippen LogP contribution >= 0.6 is 59.4 Å². The Bertz CT molecular complexity index is 722. The van der Waals surface area contributed by atoms with E-state index >= 15 is 0 Å². The first-order chi connectivity index (χ1) is 12.1. The maximum Gasteiger partial charge on any atom is 0.187 e. The van der Waals surface area contributed by atoms with Crippen LogP contribution < -0.4 is 0 Å². The number of hydrogen-bond acceptors (Lipinski definition) is 2. The van der Waals surface area contributed by atoms with Gasteiger partial charge in [0.2, 0.25) is 0 Å². The zero-order valence-corrected chi connectivity index (χ0v) is 20.6. The quantitative estimate of drug-likeness (QED) is 0.353. The van der Waals surface area contributed by atoms with Crippen molar-refractivity contribution in [2.24, 2.45) is 28.6 Å². The van der Waals surface area contributed by atoms with Gasteiger partial charge < -0.3 is 0 Å². The number of fused-ring (bicyclic) bond motifs is 5. The summed E-state index contributed by atoms with van der Waals surface area (Å²) in [7, 11) is 0. The van der Waals surface area contributed by atoms with Crippen molar-refractivity contribution in [3.05, 3.63) is 10.6 Å². The first-order valence-electron chi connectivity index (χ1n) is 9.46. The predicted molar refractivity (Wildman–Crippen MR) is 115 cm³/mol. The van der Waals surface area contributed by atoms with Crippen LogP contribution in [0.3, 0.4) is 0 Å². The van der Waals surface area contributed by atoms with E-state index in [9.17, 15) is 9.59 Å². The Morgan fingerprint density at radius 1 is 1.12 bits per heavy atom. The van der Waals surface area contributed by atoms with E-state index in [1.165, 1.54) is 0 Å². The van der Waals surface area contributed by atoms with Crippen molar-refractivity contribution < 1.29 is 9.59 Å². The third kappa shape index (κ3) is 2.51. The second-order valence-corrected chi connectivity index (χ2v) is 12.8. The molecule has 6 heteroatoms. The molecule has 0 amide bonds. The normalized spacial score (nSPS) is 51.2. The van der Waals surface area contributed by atoms with Gasteiger partial charge in [-0.2, -0.15) is 0 Å². The van der Waals surface area contributed by atoms with E-state index < -0.39 is 0 Å². The summed E-state index contributed by atoms with van der Waals surface area (Å²) >= 11 is 18.0. The van der Waals surface area contributed by atoms with Crippen LogP contribution in [0.4, 0.5) is 0 Å². The second-order valence-electron chi connectivity index (χ2n) is 9.24. The molecule has 3 fully saturated rings. The smallest absolute Gasteiger partial charge is 0.187 e. The van der Waals surface area contributed by atoms with Crippen molar-refractivity contribution >= 4 is 71.0 Å². The lowest BCUT2D eigenvalue weighted by Crippen LogP contribution is -2.58. The Balaban J connectivity index is 1.86. The molecule has 4 rings (SSSR count). The van der Waals surface area contributed by atoms with Crippen molar-refractivity contribution in [3.63, 3.8) is 0 Å². The number of rotatable bonds is 1. The summed E-state index contributed by atoms with van der Waals surface area (Å²) in [5.74, 6) is 1.89. The number of carbonyl (C=O) groups is 2. The molecule has 0 saturated heterocycles. The fourth-order valence-electron chi connectivity index (χ4n) is 6.86. The van der Waals surface area contributed by atoms with Gasteiger partial charge in [-0.3, -0.25) is 9.59 Å². The molecule has 2 unspecified atom stereocenters. The lowest BCUT2D eigenvalue weighted by atomic mass is 9.45. The highest BCUT2D eigenvalue weighted by Gasteiger charge is 2.64. The number of allylic oxidation sites excluding steroid dienone is 1.